The third-order valence-electron chi connectivity index (χ3n) is 18.2. The van der Waals surface area contributed by atoms with Crippen LogP contribution in [0.25, 0.3) is 0 Å². The molecule has 0 aromatic carbocycles. The van der Waals surface area contributed by atoms with Crippen molar-refractivity contribution in [2.75, 3.05) is 0 Å². The van der Waals surface area contributed by atoms with Crippen LogP contribution in [0.5, 0.6) is 0 Å². The van der Waals surface area contributed by atoms with Crippen LogP contribution in [-0.2, 0) is 76.0 Å². The second kappa shape index (κ2) is 36.8. The minimum Gasteiger partial charge on any atom is -0.457 e. The summed E-state index contributed by atoms with van der Waals surface area (Å²) >= 11 is 0. The van der Waals surface area contributed by atoms with Crippen LogP contribution in [-0.4, -0.2) is 218 Å². The van der Waals surface area contributed by atoms with Gasteiger partial charge in [0.25, 0.3) is 0 Å². The summed E-state index contributed by atoms with van der Waals surface area (Å²) in [5.74, 6) is -2.57. The third kappa shape index (κ3) is 20.8. The van der Waals surface area contributed by atoms with E-state index in [0.717, 1.165) is 109 Å². The Morgan fingerprint density at radius 2 is 0.966 bits per heavy atom. The molecule has 0 unspecified atom stereocenters. The van der Waals surface area contributed by atoms with Crippen molar-refractivity contribution >= 4 is 17.9 Å². The number of aliphatic hydroxyl groups excluding tert-OH is 8. The topological polar surface area (TPSA) is 333 Å². The monoisotopic (exact) mass is 1250 g/mol. The standard InChI is InChI=1S/C63H110O24/c1-10-13-15-16-17-18-21-24-29-33-42(65)82-57-56(87-59-47(70)45(68)43(66)35(5)75-59)53(84-60-48(71)46(69)51(37(7)77-60)83-58(74)34(4)12-3)39(9)79-63(57)85-52-38(8)78-62-50(73)55(52)81-41(64)32-28-25-22-19-20-23-27-31-40(30-26-14-11-2)80-61-49(72)54(86-62)44(67)36(6)76-61/h34-40,43-57,59-63,66-73H,10-33H2,1-9H3/t34-,35-,36+,37-,38-,39-,40+,43-,44-,45+,46-,47+,48+,49+,50+,51-,52-,53-,54-,55-,56+,57+,59-,60-,61+,62-,63-/m0/s1. The summed E-state index contributed by atoms with van der Waals surface area (Å²) in [7, 11) is 0. The fourth-order valence-electron chi connectivity index (χ4n) is 12.3. The lowest BCUT2D eigenvalue weighted by atomic mass is 9.95. The molecule has 8 N–H and O–H groups in total. The van der Waals surface area contributed by atoms with Crippen molar-refractivity contribution in [1.82, 2.24) is 0 Å². The highest BCUT2D eigenvalue weighted by atomic mass is 16.8. The molecule has 0 saturated carbocycles. The molecule has 0 aromatic heterocycles. The van der Waals surface area contributed by atoms with Gasteiger partial charge in [-0.1, -0.05) is 137 Å². The van der Waals surface area contributed by atoms with E-state index >= 15 is 0 Å². The summed E-state index contributed by atoms with van der Waals surface area (Å²) in [6.45, 7) is 15.4. The zero-order chi connectivity index (χ0) is 63.5. The van der Waals surface area contributed by atoms with Crippen molar-refractivity contribution < 1.29 is 117 Å². The first-order chi connectivity index (χ1) is 41.6. The van der Waals surface area contributed by atoms with Crippen molar-refractivity contribution in [3.63, 3.8) is 0 Å². The SMILES string of the molecule is CCCCCCCCCCCC(=O)O[C@H]1[C@H](O[C@@H]2[C@H]3OC(=O)CCCCCCCCC[C@@H](CCCCC)O[C@H]4O[C@H](C)[C@H](O)[C@H](O[C@H](O[C@H]2C)[C@@H]3O)[C@H]4O)O[C@@H](C)[C@H](O[C@@H]2O[C@@H](C)[C@H](OC(=O)[C@@H](C)CC)[C@@H](O)[C@H]2O)[C@H]1O[C@@H]1O[C@@H](C)[C@H](O)[C@@H](O)[C@H]1O. The van der Waals surface area contributed by atoms with Gasteiger partial charge >= 0.3 is 17.9 Å². The van der Waals surface area contributed by atoms with Crippen LogP contribution < -0.4 is 0 Å². The Hall–Kier alpha value is -2.31. The van der Waals surface area contributed by atoms with Gasteiger partial charge in [-0.15, -0.1) is 0 Å². The molecule has 6 fully saturated rings. The van der Waals surface area contributed by atoms with Crippen LogP contribution >= 0.6 is 0 Å². The molecular weight excluding hydrogens is 1140 g/mol. The number of fused-ring (bicyclic) bond motifs is 4. The molecule has 0 aromatic rings. The largest absolute Gasteiger partial charge is 0.457 e. The Labute approximate surface area is 515 Å². The first-order valence-electron chi connectivity index (χ1n) is 33.2. The van der Waals surface area contributed by atoms with Gasteiger partial charge in [0.2, 0.25) is 0 Å². The second-order valence-electron chi connectivity index (χ2n) is 25.3. The smallest absolute Gasteiger partial charge is 0.309 e. The van der Waals surface area contributed by atoms with Gasteiger partial charge in [0.05, 0.1) is 42.5 Å². The van der Waals surface area contributed by atoms with E-state index in [1.807, 2.05) is 0 Å². The lowest BCUT2D eigenvalue weighted by molar-refractivity contribution is -0.398. The molecule has 0 amide bonds. The molecule has 0 radical (unpaired) electrons. The molecular formula is C63H110O24. The van der Waals surface area contributed by atoms with Gasteiger partial charge in [-0.05, 0) is 66.7 Å². The maximum absolute atomic E-state index is 14.3. The van der Waals surface area contributed by atoms with Crippen molar-refractivity contribution in [3.05, 3.63) is 0 Å². The molecule has 6 aliphatic heterocycles. The first kappa shape index (κ1) is 73.7. The lowest BCUT2D eigenvalue weighted by Crippen LogP contribution is -2.68. The molecule has 0 aliphatic carbocycles. The predicted molar refractivity (Wildman–Crippen MR) is 311 cm³/mol. The summed E-state index contributed by atoms with van der Waals surface area (Å²) in [5.41, 5.74) is 0. The normalized spacial score (nSPS) is 41.6. The molecule has 6 saturated heterocycles. The van der Waals surface area contributed by atoms with E-state index in [9.17, 15) is 55.2 Å². The maximum Gasteiger partial charge on any atom is 0.309 e. The number of carbonyl (C=O) groups excluding carboxylic acids is 3. The van der Waals surface area contributed by atoms with E-state index in [1.54, 1.807) is 27.7 Å². The van der Waals surface area contributed by atoms with E-state index in [-0.39, 0.29) is 18.9 Å². The van der Waals surface area contributed by atoms with Gasteiger partial charge in [-0.2, -0.15) is 0 Å². The van der Waals surface area contributed by atoms with Crippen molar-refractivity contribution in [2.24, 2.45) is 5.92 Å². The molecule has 6 heterocycles. The van der Waals surface area contributed by atoms with Gasteiger partial charge in [0, 0.05) is 12.8 Å². The quantitative estimate of drug-likeness (QED) is 0.0344. The Balaban J connectivity index is 1.34. The van der Waals surface area contributed by atoms with Gasteiger partial charge in [0.15, 0.2) is 49.8 Å². The van der Waals surface area contributed by atoms with Gasteiger partial charge in [0.1, 0.15) is 73.2 Å². The number of ether oxygens (including phenoxy) is 13. The minimum absolute atomic E-state index is 0.0266. The van der Waals surface area contributed by atoms with E-state index < -0.39 is 177 Å². The average Bonchev–Trinajstić information content (AvgIpc) is 1.51. The fourth-order valence-corrected chi connectivity index (χ4v) is 12.3. The molecule has 4 bridgehead atoms. The predicted octanol–water partition coefficient (Wildman–Crippen LogP) is 5.33. The van der Waals surface area contributed by atoms with E-state index in [2.05, 4.69) is 13.8 Å². The van der Waals surface area contributed by atoms with E-state index in [0.29, 0.717) is 25.7 Å². The number of esters is 3. The molecule has 24 heteroatoms. The number of hydrogen-bond donors (Lipinski definition) is 8. The summed E-state index contributed by atoms with van der Waals surface area (Å²) in [4.78, 5) is 41.3. The van der Waals surface area contributed by atoms with E-state index in [4.69, 9.17) is 61.6 Å². The van der Waals surface area contributed by atoms with Crippen molar-refractivity contribution in [2.45, 2.75) is 376 Å². The van der Waals surface area contributed by atoms with Gasteiger partial charge in [-0.3, -0.25) is 14.4 Å². The highest BCUT2D eigenvalue weighted by Gasteiger charge is 2.58. The Morgan fingerprint density at radius 3 is 1.63 bits per heavy atom. The lowest BCUT2D eigenvalue weighted by Gasteiger charge is -2.51. The average molecular weight is 1250 g/mol. The van der Waals surface area contributed by atoms with Crippen molar-refractivity contribution in [3.8, 4) is 0 Å². The van der Waals surface area contributed by atoms with Crippen LogP contribution in [0.4, 0.5) is 0 Å². The zero-order valence-electron chi connectivity index (χ0n) is 53.2. The van der Waals surface area contributed by atoms with Crippen LogP contribution in [0.1, 0.15) is 216 Å². The van der Waals surface area contributed by atoms with Crippen LogP contribution in [0.3, 0.4) is 0 Å². The zero-order valence-corrected chi connectivity index (χ0v) is 53.2. The number of hydrogen-bond acceptors (Lipinski definition) is 24. The Kier molecular flexibility index (Phi) is 31.2. The number of unbranched alkanes of at least 4 members (excludes halogenated alkanes) is 10. The highest BCUT2D eigenvalue weighted by molar-refractivity contribution is 5.72. The third-order valence-corrected chi connectivity index (χ3v) is 18.2. The molecule has 24 nitrogen and oxygen atoms in total. The molecule has 6 aliphatic rings. The fraction of sp³-hybridized carbons (Fsp3) is 0.952. The van der Waals surface area contributed by atoms with Crippen LogP contribution in [0.2, 0.25) is 0 Å². The molecule has 506 valence electrons. The summed E-state index contributed by atoms with van der Waals surface area (Å²) in [6.07, 6.45) is -19.0. The Bertz CT molecular complexity index is 1990. The first-order valence-corrected chi connectivity index (χ1v) is 33.2. The number of aliphatic hydroxyl groups is 8. The Morgan fingerprint density at radius 1 is 0.460 bits per heavy atom. The van der Waals surface area contributed by atoms with Crippen LogP contribution in [0.15, 0.2) is 0 Å². The maximum atomic E-state index is 14.3. The summed E-state index contributed by atoms with van der Waals surface area (Å²) < 4.78 is 82.0. The van der Waals surface area contributed by atoms with Gasteiger partial charge in [-0.25, -0.2) is 0 Å². The second-order valence-corrected chi connectivity index (χ2v) is 25.3. The minimum atomic E-state index is -1.91. The van der Waals surface area contributed by atoms with Gasteiger partial charge < -0.3 is 102 Å². The van der Waals surface area contributed by atoms with Crippen molar-refractivity contribution in [1.29, 1.82) is 0 Å². The summed E-state index contributed by atoms with van der Waals surface area (Å²) in [5, 5.41) is 92.4. The molecule has 6 rings (SSSR count). The highest BCUT2D eigenvalue weighted by Crippen LogP contribution is 2.39. The van der Waals surface area contributed by atoms with Crippen LogP contribution in [0, 0.1) is 5.92 Å². The number of rotatable bonds is 24. The summed E-state index contributed by atoms with van der Waals surface area (Å²) in [6, 6.07) is 0. The molecule has 87 heavy (non-hydrogen) atoms. The molecule has 0 spiro atoms. The molecule has 27 atom stereocenters. The number of carbonyl (C=O) groups is 3. The van der Waals surface area contributed by atoms with E-state index in [1.165, 1.54) is 27.2 Å².